The van der Waals surface area contributed by atoms with Crippen LogP contribution >= 0.6 is 0 Å². The molecule has 0 atom stereocenters. The summed E-state index contributed by atoms with van der Waals surface area (Å²) in [5.41, 5.74) is 1.88. The second kappa shape index (κ2) is 14.9. The zero-order chi connectivity index (χ0) is 32.6. The Hall–Kier alpha value is -3.96. The Labute approximate surface area is 266 Å². The molecule has 45 heavy (non-hydrogen) atoms. The molecule has 0 saturated heterocycles. The molecule has 8 nitrogen and oxygen atoms in total. The Morgan fingerprint density at radius 2 is 1.67 bits per heavy atom. The quantitative estimate of drug-likeness (QED) is 0.0780. The first-order valence-corrected chi connectivity index (χ1v) is 22.4. The van der Waals surface area contributed by atoms with Crippen LogP contribution < -0.4 is 9.64 Å². The standard InChI is InChI=1S/C34H41FN4O4Si2/c1-44(2,3)18-16-41-23-39(32-14-12-25-8-7-15-37-33(25)38-32)34(40)27-11-13-29(26-9-10-28(22-36)30(35)20-26)31(21-27)43-24-42-17-19-45(4,5)6/h7-15,20-21H,16-19,23-24H2,1-6H3. The van der Waals surface area contributed by atoms with Crippen LogP contribution in [0.1, 0.15) is 15.9 Å². The van der Waals surface area contributed by atoms with Gasteiger partial charge in [0.2, 0.25) is 0 Å². The second-order valence-electron chi connectivity index (χ2n) is 13.3. The van der Waals surface area contributed by atoms with Crippen LogP contribution in [-0.4, -0.2) is 58.8 Å². The fourth-order valence-electron chi connectivity index (χ4n) is 4.34. The molecule has 0 saturated carbocycles. The maximum Gasteiger partial charge on any atom is 0.261 e. The zero-order valence-corrected chi connectivity index (χ0v) is 28.9. The summed E-state index contributed by atoms with van der Waals surface area (Å²) in [5.74, 6) is -0.210. The van der Waals surface area contributed by atoms with Crippen LogP contribution in [0.3, 0.4) is 0 Å². The van der Waals surface area contributed by atoms with E-state index in [0.717, 1.165) is 17.5 Å². The summed E-state index contributed by atoms with van der Waals surface area (Å²) in [7, 11) is -2.64. The minimum absolute atomic E-state index is 0.00717. The number of pyridine rings is 2. The van der Waals surface area contributed by atoms with Crippen molar-refractivity contribution in [1.82, 2.24) is 9.97 Å². The molecule has 0 N–H and O–H groups in total. The van der Waals surface area contributed by atoms with Gasteiger partial charge in [0.15, 0.2) is 12.4 Å². The van der Waals surface area contributed by atoms with Gasteiger partial charge in [-0.05, 0) is 72.2 Å². The number of benzene rings is 2. The number of rotatable bonds is 14. The highest BCUT2D eigenvalue weighted by Gasteiger charge is 2.23. The fraction of sp³-hybridized carbons (Fsp3) is 0.353. The SMILES string of the molecule is C[Si](C)(C)CCOCOc1cc(C(=O)N(COCC[Si](C)(C)C)c2ccc3cccnc3n2)ccc1-c1ccc(C#N)c(F)c1. The Kier molecular flexibility index (Phi) is 11.2. The Morgan fingerprint density at radius 1 is 0.933 bits per heavy atom. The van der Waals surface area contributed by atoms with Crippen LogP contribution in [0.4, 0.5) is 10.2 Å². The average molecular weight is 645 g/mol. The highest BCUT2D eigenvalue weighted by Crippen LogP contribution is 2.33. The summed E-state index contributed by atoms with van der Waals surface area (Å²) in [6.45, 7) is 14.7. The van der Waals surface area contributed by atoms with Gasteiger partial charge in [-0.2, -0.15) is 5.26 Å². The Balaban J connectivity index is 1.67. The summed E-state index contributed by atoms with van der Waals surface area (Å²) in [4.78, 5) is 24.6. The van der Waals surface area contributed by atoms with Crippen LogP contribution in [0.15, 0.2) is 66.9 Å². The molecule has 2 aromatic carbocycles. The van der Waals surface area contributed by atoms with Crippen LogP contribution in [-0.2, 0) is 9.47 Å². The summed E-state index contributed by atoms with van der Waals surface area (Å²) < 4.78 is 32.5. The van der Waals surface area contributed by atoms with Gasteiger partial charge in [0.05, 0.1) is 5.56 Å². The largest absolute Gasteiger partial charge is 0.467 e. The molecule has 4 aromatic rings. The van der Waals surface area contributed by atoms with E-state index in [1.165, 1.54) is 17.0 Å². The van der Waals surface area contributed by atoms with Crippen LogP contribution in [0, 0.1) is 17.1 Å². The third kappa shape index (κ3) is 9.76. The van der Waals surface area contributed by atoms with Gasteiger partial charge in [-0.3, -0.25) is 9.69 Å². The van der Waals surface area contributed by atoms with Gasteiger partial charge in [0.25, 0.3) is 5.91 Å². The number of amides is 1. The highest BCUT2D eigenvalue weighted by atomic mass is 28.3. The molecule has 236 valence electrons. The topological polar surface area (TPSA) is 97.6 Å². The van der Waals surface area contributed by atoms with Crippen molar-refractivity contribution in [2.45, 2.75) is 51.4 Å². The minimum atomic E-state index is -1.35. The van der Waals surface area contributed by atoms with E-state index >= 15 is 0 Å². The zero-order valence-electron chi connectivity index (χ0n) is 26.9. The van der Waals surface area contributed by atoms with Gasteiger partial charge >= 0.3 is 0 Å². The van der Waals surface area contributed by atoms with E-state index < -0.39 is 22.0 Å². The summed E-state index contributed by atoms with van der Waals surface area (Å²) in [6, 6.07) is 20.6. The van der Waals surface area contributed by atoms with Gasteiger partial charge in [-0.15, -0.1) is 0 Å². The van der Waals surface area contributed by atoms with Gasteiger partial charge in [-0.1, -0.05) is 45.3 Å². The number of hydrogen-bond donors (Lipinski definition) is 0. The molecule has 2 aromatic heterocycles. The maximum atomic E-state index is 14.6. The van der Waals surface area contributed by atoms with Crippen molar-refractivity contribution in [3.63, 3.8) is 0 Å². The number of hydrogen-bond acceptors (Lipinski definition) is 7. The average Bonchev–Trinajstić information content (AvgIpc) is 2.99. The lowest BCUT2D eigenvalue weighted by atomic mass is 10.0. The van der Waals surface area contributed by atoms with E-state index in [2.05, 4.69) is 49.3 Å². The number of nitriles is 1. The van der Waals surface area contributed by atoms with Crippen LogP contribution in [0.5, 0.6) is 5.75 Å². The van der Waals surface area contributed by atoms with Crippen LogP contribution in [0.25, 0.3) is 22.2 Å². The molecule has 0 aliphatic heterocycles. The predicted octanol–water partition coefficient (Wildman–Crippen LogP) is 7.96. The van der Waals surface area contributed by atoms with E-state index in [4.69, 9.17) is 14.2 Å². The third-order valence-electron chi connectivity index (χ3n) is 7.11. The van der Waals surface area contributed by atoms with E-state index in [0.29, 0.717) is 47.1 Å². The Morgan fingerprint density at radius 3 is 2.36 bits per heavy atom. The summed E-state index contributed by atoms with van der Waals surface area (Å²) in [6.07, 6.45) is 1.66. The molecule has 4 rings (SSSR count). The lowest BCUT2D eigenvalue weighted by Gasteiger charge is -2.24. The lowest BCUT2D eigenvalue weighted by molar-refractivity contribution is 0.0223. The fourth-order valence-corrected chi connectivity index (χ4v) is 5.85. The summed E-state index contributed by atoms with van der Waals surface area (Å²) >= 11 is 0. The second-order valence-corrected chi connectivity index (χ2v) is 24.5. The molecule has 0 radical (unpaired) electrons. The number of carbonyl (C=O) groups is 1. The predicted molar refractivity (Wildman–Crippen MR) is 181 cm³/mol. The molecule has 1 amide bonds. The van der Waals surface area contributed by atoms with Crippen molar-refractivity contribution in [3.8, 4) is 22.9 Å². The highest BCUT2D eigenvalue weighted by molar-refractivity contribution is 6.76. The van der Waals surface area contributed by atoms with Crippen molar-refractivity contribution in [2.75, 3.05) is 31.6 Å². The van der Waals surface area contributed by atoms with Crippen molar-refractivity contribution in [1.29, 1.82) is 5.26 Å². The van der Waals surface area contributed by atoms with E-state index in [1.54, 1.807) is 36.5 Å². The van der Waals surface area contributed by atoms with Gasteiger partial charge in [-0.25, -0.2) is 14.4 Å². The first-order valence-electron chi connectivity index (χ1n) is 15.0. The number of halogens is 1. The van der Waals surface area contributed by atoms with E-state index in [9.17, 15) is 14.4 Å². The van der Waals surface area contributed by atoms with Gasteiger partial charge < -0.3 is 14.2 Å². The number of ether oxygens (including phenoxy) is 3. The monoisotopic (exact) mass is 644 g/mol. The molecule has 0 spiro atoms. The van der Waals surface area contributed by atoms with Crippen molar-refractivity contribution < 1.29 is 23.4 Å². The number of fused-ring (bicyclic) bond motifs is 1. The molecule has 0 bridgehead atoms. The molecule has 0 aliphatic rings. The minimum Gasteiger partial charge on any atom is -0.467 e. The van der Waals surface area contributed by atoms with E-state index in [1.807, 2.05) is 24.3 Å². The lowest BCUT2D eigenvalue weighted by Crippen LogP contribution is -2.35. The first kappa shape index (κ1) is 33.9. The number of carbonyl (C=O) groups excluding carboxylic acids is 1. The van der Waals surface area contributed by atoms with Crippen LogP contribution in [0.2, 0.25) is 51.4 Å². The number of nitrogens with zero attached hydrogens (tertiary/aromatic N) is 4. The smallest absolute Gasteiger partial charge is 0.261 e. The number of anilines is 1. The molecular weight excluding hydrogens is 604 g/mol. The van der Waals surface area contributed by atoms with Crippen molar-refractivity contribution >= 4 is 38.9 Å². The molecule has 0 aliphatic carbocycles. The summed E-state index contributed by atoms with van der Waals surface area (Å²) in [5, 5.41) is 10.0. The molecule has 0 unspecified atom stereocenters. The van der Waals surface area contributed by atoms with Crippen molar-refractivity contribution in [2.24, 2.45) is 0 Å². The Bertz CT molecular complexity index is 1680. The molecule has 0 fully saturated rings. The normalized spacial score (nSPS) is 11.8. The first-order chi connectivity index (χ1) is 21.3. The third-order valence-corrected chi connectivity index (χ3v) is 10.5. The van der Waals surface area contributed by atoms with Gasteiger partial charge in [0, 0.05) is 52.1 Å². The maximum absolute atomic E-state index is 14.6. The van der Waals surface area contributed by atoms with E-state index in [-0.39, 0.29) is 25.0 Å². The molecule has 2 heterocycles. The molecule has 11 heteroatoms. The number of aromatic nitrogens is 2. The van der Waals surface area contributed by atoms with Gasteiger partial charge in [0.1, 0.15) is 30.2 Å². The van der Waals surface area contributed by atoms with Crippen molar-refractivity contribution in [3.05, 3.63) is 83.8 Å². The molecular formula is C34H41FN4O4Si2.